The van der Waals surface area contributed by atoms with Gasteiger partial charge in [0.2, 0.25) is 0 Å². The Labute approximate surface area is 211 Å². The first kappa shape index (κ1) is 25.4. The molecule has 3 N–H and O–H groups in total. The Kier molecular flexibility index (Phi) is 8.59. The maximum absolute atomic E-state index is 10.8. The molecule has 0 saturated carbocycles. The molecule has 0 bridgehead atoms. The van der Waals surface area contributed by atoms with Crippen LogP contribution in [0.2, 0.25) is 5.02 Å². The largest absolute Gasteiger partial charge is 0.491 e. The summed E-state index contributed by atoms with van der Waals surface area (Å²) < 4.78 is 5.51. The lowest BCUT2D eigenvalue weighted by Gasteiger charge is -2.44. The minimum Gasteiger partial charge on any atom is -0.491 e. The van der Waals surface area contributed by atoms with Gasteiger partial charge in [-0.3, -0.25) is 9.88 Å². The summed E-state index contributed by atoms with van der Waals surface area (Å²) in [6.45, 7) is 4.84. The number of ether oxygens (including phenoxy) is 1. The van der Waals surface area contributed by atoms with Gasteiger partial charge in [0, 0.05) is 44.0 Å². The Morgan fingerprint density at radius 1 is 1.09 bits per heavy atom. The van der Waals surface area contributed by atoms with Crippen LogP contribution in [-0.2, 0) is 6.61 Å². The van der Waals surface area contributed by atoms with Gasteiger partial charge in [0.1, 0.15) is 12.4 Å². The van der Waals surface area contributed by atoms with Crippen LogP contribution in [0.4, 0.5) is 5.69 Å². The van der Waals surface area contributed by atoms with Crippen LogP contribution in [0.3, 0.4) is 0 Å². The second-order valence-electron chi connectivity index (χ2n) is 8.82. The summed E-state index contributed by atoms with van der Waals surface area (Å²) in [5.74, 6) is 0.627. The first-order chi connectivity index (χ1) is 17.0. The highest BCUT2D eigenvalue weighted by Gasteiger charge is 2.31. The van der Waals surface area contributed by atoms with E-state index in [0.717, 1.165) is 30.9 Å². The molecule has 1 aliphatic heterocycles. The number of aromatic nitrogens is 1. The predicted octanol–water partition coefficient (Wildman–Crippen LogP) is 3.50. The molecule has 2 heterocycles. The van der Waals surface area contributed by atoms with Crippen molar-refractivity contribution in [3.63, 3.8) is 0 Å². The van der Waals surface area contributed by atoms with Crippen molar-refractivity contribution in [3.05, 3.63) is 88.2 Å². The lowest BCUT2D eigenvalue weighted by Crippen LogP contribution is -2.49. The van der Waals surface area contributed by atoms with Crippen LogP contribution in [0, 0.1) is 6.92 Å². The van der Waals surface area contributed by atoms with Gasteiger partial charge >= 0.3 is 0 Å². The van der Waals surface area contributed by atoms with Gasteiger partial charge in [0.15, 0.2) is 0 Å². The number of β-amino-alcohol motifs (C(OH)–C–C–N with tert-alkyl or cyclic N) is 1. The monoisotopic (exact) mass is 497 g/mol. The van der Waals surface area contributed by atoms with Gasteiger partial charge in [-0.15, -0.1) is 0 Å². The molecule has 4 rings (SSSR count). The van der Waals surface area contributed by atoms with Crippen molar-refractivity contribution in [2.75, 3.05) is 44.3 Å². The maximum atomic E-state index is 10.8. The number of halogens is 1. The third-order valence-electron chi connectivity index (χ3n) is 6.34. The fourth-order valence-corrected chi connectivity index (χ4v) is 4.70. The average molecular weight is 498 g/mol. The molecule has 0 aliphatic carbocycles. The molecule has 0 spiro atoms. The van der Waals surface area contributed by atoms with E-state index in [2.05, 4.69) is 46.0 Å². The van der Waals surface area contributed by atoms with Gasteiger partial charge in [-0.05, 0) is 30.7 Å². The summed E-state index contributed by atoms with van der Waals surface area (Å²) in [5, 5.41) is 29.7. The lowest BCUT2D eigenvalue weighted by atomic mass is 9.99. The molecule has 7 nitrogen and oxygen atoms in total. The number of pyridine rings is 1. The SMILES string of the molecule is Cc1ccc([C@@H]2CN(C[C@@H](O)c3ccc(CO)nc3)CCN2c2ccc(OCCO)cc2Cl)cc1. The standard InChI is InChI=1S/C27H32ClN3O4/c1-19-2-4-20(5-3-19)26-16-30(17-27(34)21-6-7-22(18-33)29-15-21)10-11-31(26)25-9-8-23(14-24(25)28)35-13-12-32/h2-9,14-15,26-27,32-34H,10-13,16-18H2,1H3/t26-,27+/m0/s1. The average Bonchev–Trinajstić information content (AvgIpc) is 2.88. The zero-order valence-electron chi connectivity index (χ0n) is 19.8. The van der Waals surface area contributed by atoms with E-state index in [1.54, 1.807) is 18.3 Å². The highest BCUT2D eigenvalue weighted by atomic mass is 35.5. The quantitative estimate of drug-likeness (QED) is 0.417. The van der Waals surface area contributed by atoms with Crippen LogP contribution in [-0.4, -0.2) is 64.6 Å². The number of benzene rings is 2. The van der Waals surface area contributed by atoms with Crippen molar-refractivity contribution in [1.82, 2.24) is 9.88 Å². The van der Waals surface area contributed by atoms with Gasteiger partial charge in [-0.1, -0.05) is 47.5 Å². The predicted molar refractivity (Wildman–Crippen MR) is 137 cm³/mol. The number of hydrogen-bond donors (Lipinski definition) is 3. The van der Waals surface area contributed by atoms with Crippen molar-refractivity contribution in [3.8, 4) is 5.75 Å². The summed E-state index contributed by atoms with van der Waals surface area (Å²) in [6.07, 6.45) is 0.955. The third kappa shape index (κ3) is 6.31. The molecule has 0 unspecified atom stereocenters. The Bertz CT molecular complexity index is 1090. The van der Waals surface area contributed by atoms with Gasteiger partial charge in [-0.25, -0.2) is 0 Å². The van der Waals surface area contributed by atoms with Gasteiger partial charge in [0.05, 0.1) is 41.8 Å². The van der Waals surface area contributed by atoms with Crippen LogP contribution in [0.1, 0.15) is 34.5 Å². The summed E-state index contributed by atoms with van der Waals surface area (Å²) in [6, 6.07) is 17.8. The fourth-order valence-electron chi connectivity index (χ4n) is 4.42. The summed E-state index contributed by atoms with van der Waals surface area (Å²) >= 11 is 6.68. The normalized spacial score (nSPS) is 17.4. The number of hydrogen-bond acceptors (Lipinski definition) is 7. The van der Waals surface area contributed by atoms with E-state index < -0.39 is 6.10 Å². The number of aliphatic hydroxyl groups excluding tert-OH is 3. The van der Waals surface area contributed by atoms with Crippen LogP contribution >= 0.6 is 11.6 Å². The lowest BCUT2D eigenvalue weighted by molar-refractivity contribution is 0.100. The minimum atomic E-state index is -0.674. The van der Waals surface area contributed by atoms with Gasteiger partial charge in [0.25, 0.3) is 0 Å². The maximum Gasteiger partial charge on any atom is 0.121 e. The smallest absolute Gasteiger partial charge is 0.121 e. The van der Waals surface area contributed by atoms with E-state index >= 15 is 0 Å². The van der Waals surface area contributed by atoms with Gasteiger partial charge < -0.3 is 25.0 Å². The zero-order valence-corrected chi connectivity index (χ0v) is 20.6. The molecular weight excluding hydrogens is 466 g/mol. The Hall–Kier alpha value is -2.68. The Morgan fingerprint density at radius 3 is 2.54 bits per heavy atom. The summed E-state index contributed by atoms with van der Waals surface area (Å²) in [7, 11) is 0. The highest BCUT2D eigenvalue weighted by molar-refractivity contribution is 6.33. The first-order valence-corrected chi connectivity index (χ1v) is 12.2. The van der Waals surface area contributed by atoms with Crippen LogP contribution < -0.4 is 9.64 Å². The number of aliphatic hydroxyl groups is 3. The van der Waals surface area contributed by atoms with E-state index in [9.17, 15) is 10.2 Å². The van der Waals surface area contributed by atoms with Crippen LogP contribution in [0.5, 0.6) is 5.75 Å². The Balaban J connectivity index is 1.54. The molecule has 1 saturated heterocycles. The fraction of sp³-hybridized carbons (Fsp3) is 0.370. The second-order valence-corrected chi connectivity index (χ2v) is 9.23. The molecule has 8 heteroatoms. The number of aryl methyl sites for hydroxylation is 1. The molecule has 1 aromatic heterocycles. The topological polar surface area (TPSA) is 89.3 Å². The molecule has 1 fully saturated rings. The van der Waals surface area contributed by atoms with E-state index in [1.165, 1.54) is 11.1 Å². The van der Waals surface area contributed by atoms with E-state index in [1.807, 2.05) is 18.2 Å². The molecule has 1 aliphatic rings. The third-order valence-corrected chi connectivity index (χ3v) is 6.64. The molecule has 2 atom stereocenters. The van der Waals surface area contributed by atoms with E-state index in [-0.39, 0.29) is 25.9 Å². The van der Waals surface area contributed by atoms with Crippen LogP contribution in [0.15, 0.2) is 60.8 Å². The number of nitrogens with zero attached hydrogens (tertiary/aromatic N) is 3. The van der Waals surface area contributed by atoms with E-state index in [0.29, 0.717) is 23.0 Å². The number of anilines is 1. The Morgan fingerprint density at radius 2 is 1.89 bits per heavy atom. The molecule has 3 aromatic rings. The first-order valence-electron chi connectivity index (χ1n) is 11.8. The molecular formula is C27H32ClN3O4. The van der Waals surface area contributed by atoms with Crippen LogP contribution in [0.25, 0.3) is 0 Å². The van der Waals surface area contributed by atoms with Crippen molar-refractivity contribution < 1.29 is 20.1 Å². The molecule has 0 radical (unpaired) electrons. The second kappa shape index (κ2) is 11.8. The van der Waals surface area contributed by atoms with Crippen molar-refractivity contribution in [1.29, 1.82) is 0 Å². The minimum absolute atomic E-state index is 0.0492. The van der Waals surface area contributed by atoms with Crippen molar-refractivity contribution in [2.45, 2.75) is 25.7 Å². The van der Waals surface area contributed by atoms with E-state index in [4.69, 9.17) is 21.4 Å². The number of rotatable bonds is 9. The van der Waals surface area contributed by atoms with Crippen molar-refractivity contribution in [2.24, 2.45) is 0 Å². The number of piperazine rings is 1. The van der Waals surface area contributed by atoms with Gasteiger partial charge in [-0.2, -0.15) is 0 Å². The summed E-state index contributed by atoms with van der Waals surface area (Å²) in [5.41, 5.74) is 4.63. The van der Waals surface area contributed by atoms with Crippen molar-refractivity contribution >= 4 is 17.3 Å². The molecule has 0 amide bonds. The zero-order chi connectivity index (χ0) is 24.8. The molecule has 186 valence electrons. The summed E-state index contributed by atoms with van der Waals surface area (Å²) in [4.78, 5) is 8.76. The highest BCUT2D eigenvalue weighted by Crippen LogP contribution is 2.37. The molecule has 35 heavy (non-hydrogen) atoms. The molecule has 2 aromatic carbocycles.